The van der Waals surface area contributed by atoms with Gasteiger partial charge in [-0.1, -0.05) is 18.9 Å². The van der Waals surface area contributed by atoms with Crippen molar-refractivity contribution in [3.8, 4) is 0 Å². The minimum atomic E-state index is -1.42. The molecule has 0 aromatic rings. The largest absolute Gasteiger partial charge is 0.534 e. The van der Waals surface area contributed by atoms with E-state index in [0.29, 0.717) is 4.90 Å². The van der Waals surface area contributed by atoms with Crippen molar-refractivity contribution in [2.45, 2.75) is 45.3 Å². The smallest absolute Gasteiger partial charge is 0.481 e. The van der Waals surface area contributed by atoms with E-state index >= 15 is 0 Å². The summed E-state index contributed by atoms with van der Waals surface area (Å²) in [7, 11) is 0. The van der Waals surface area contributed by atoms with Gasteiger partial charge in [0.25, 0.3) is 23.6 Å². The first-order chi connectivity index (χ1) is 12.6. The number of hydrogen-bond donors (Lipinski definition) is 1. The number of hydrogen-bond acceptors (Lipinski definition) is 8. The lowest BCUT2D eigenvalue weighted by atomic mass is 9.95. The Morgan fingerprint density at radius 2 is 1.59 bits per heavy atom. The second-order valence-corrected chi connectivity index (χ2v) is 6.29. The Morgan fingerprint density at radius 1 is 1.07 bits per heavy atom. The molecule has 11 heteroatoms. The number of hydroxylamine groups is 2. The number of ether oxygens (including phenoxy) is 1. The van der Waals surface area contributed by atoms with Gasteiger partial charge in [-0.15, -0.1) is 0 Å². The fourth-order valence-electron chi connectivity index (χ4n) is 2.80. The van der Waals surface area contributed by atoms with Crippen LogP contribution in [0.3, 0.4) is 0 Å². The van der Waals surface area contributed by atoms with E-state index in [1.807, 2.05) is 0 Å². The van der Waals surface area contributed by atoms with Crippen LogP contribution < -0.4 is 0 Å². The number of carbonyl (C=O) groups is 6. The number of carboxylic acids is 1. The first kappa shape index (κ1) is 20.1. The third-order valence-electron chi connectivity index (χ3n) is 4.00. The lowest BCUT2D eigenvalue weighted by molar-refractivity contribution is -0.180. The first-order valence-electron chi connectivity index (χ1n) is 8.13. The molecule has 2 rings (SSSR count). The lowest BCUT2D eigenvalue weighted by Gasteiger charge is -2.33. The van der Waals surface area contributed by atoms with Gasteiger partial charge in [0.15, 0.2) is 0 Å². The first-order valence-corrected chi connectivity index (χ1v) is 8.13. The molecule has 0 saturated carbocycles. The summed E-state index contributed by atoms with van der Waals surface area (Å²) in [4.78, 5) is 75.4. The van der Waals surface area contributed by atoms with Crippen molar-refractivity contribution in [2.75, 3.05) is 0 Å². The molecule has 1 saturated heterocycles. The van der Waals surface area contributed by atoms with Crippen molar-refractivity contribution in [1.82, 2.24) is 9.96 Å². The molecule has 2 heterocycles. The molecule has 2 aliphatic heterocycles. The Bertz CT molecular complexity index is 693. The number of nitrogens with zero attached hydrogens (tertiary/aromatic N) is 2. The van der Waals surface area contributed by atoms with Crippen LogP contribution in [0.1, 0.15) is 33.1 Å². The number of rotatable bonds is 7. The van der Waals surface area contributed by atoms with Gasteiger partial charge in [-0.2, -0.15) is 0 Å². The highest BCUT2D eigenvalue weighted by Crippen LogP contribution is 2.24. The molecule has 2 aliphatic rings. The molecule has 0 aromatic carbocycles. The molecule has 2 unspecified atom stereocenters. The third kappa shape index (κ3) is 4.49. The molecule has 1 N–H and O–H groups in total. The van der Waals surface area contributed by atoms with Gasteiger partial charge in [-0.25, -0.2) is 4.79 Å². The SMILES string of the molecule is CC(C)C(OC(=O)ON1C(=O)CCC1=O)C(CC(=O)O)N1C(=O)C=CC1=O. The van der Waals surface area contributed by atoms with Crippen LogP contribution in [0.15, 0.2) is 12.2 Å². The molecule has 0 bridgehead atoms. The number of imide groups is 2. The zero-order valence-electron chi connectivity index (χ0n) is 14.6. The summed E-state index contributed by atoms with van der Waals surface area (Å²) in [6.07, 6.45) is -1.58. The maximum Gasteiger partial charge on any atom is 0.534 e. The standard InChI is InChI=1S/C16H18N2O9/c1-8(2)15(26-16(25)27-18-12(21)5-6-13(18)22)9(7-14(23)24)17-10(19)3-4-11(17)20/h3-4,8-9,15H,5-7H2,1-2H3,(H,23,24). The quantitative estimate of drug-likeness (QED) is 0.474. The molecular weight excluding hydrogens is 364 g/mol. The molecule has 4 amide bonds. The Morgan fingerprint density at radius 3 is 2.04 bits per heavy atom. The van der Waals surface area contributed by atoms with Gasteiger partial charge >= 0.3 is 12.1 Å². The maximum atomic E-state index is 12.0. The summed E-state index contributed by atoms with van der Waals surface area (Å²) in [6.45, 7) is 3.16. The van der Waals surface area contributed by atoms with Crippen LogP contribution >= 0.6 is 0 Å². The highest BCUT2D eigenvalue weighted by atomic mass is 16.8. The van der Waals surface area contributed by atoms with Crippen LogP contribution in [0.2, 0.25) is 0 Å². The van der Waals surface area contributed by atoms with Gasteiger partial charge in [0.2, 0.25) is 0 Å². The Balaban J connectivity index is 2.18. The summed E-state index contributed by atoms with van der Waals surface area (Å²) in [6, 6.07) is -1.30. The minimum Gasteiger partial charge on any atom is -0.481 e. The van der Waals surface area contributed by atoms with Crippen molar-refractivity contribution >= 4 is 35.8 Å². The van der Waals surface area contributed by atoms with E-state index in [1.165, 1.54) is 0 Å². The molecule has 0 aliphatic carbocycles. The number of amides is 4. The summed E-state index contributed by atoms with van der Waals surface area (Å²) >= 11 is 0. The summed E-state index contributed by atoms with van der Waals surface area (Å²) in [5.74, 6) is -4.74. The monoisotopic (exact) mass is 382 g/mol. The van der Waals surface area contributed by atoms with Crippen molar-refractivity contribution in [2.24, 2.45) is 5.92 Å². The van der Waals surface area contributed by atoms with E-state index in [4.69, 9.17) is 9.84 Å². The highest BCUT2D eigenvalue weighted by Gasteiger charge is 2.42. The van der Waals surface area contributed by atoms with Gasteiger partial charge in [-0.05, 0) is 5.92 Å². The molecule has 146 valence electrons. The van der Waals surface area contributed by atoms with Gasteiger partial charge in [0.1, 0.15) is 6.10 Å². The zero-order valence-corrected chi connectivity index (χ0v) is 14.6. The fourth-order valence-corrected chi connectivity index (χ4v) is 2.80. The molecule has 1 fully saturated rings. The van der Waals surface area contributed by atoms with Crippen molar-refractivity contribution in [1.29, 1.82) is 0 Å². The third-order valence-corrected chi connectivity index (χ3v) is 4.00. The second-order valence-electron chi connectivity index (χ2n) is 6.29. The molecular formula is C16H18N2O9. The van der Waals surface area contributed by atoms with Crippen molar-refractivity contribution < 1.29 is 43.4 Å². The van der Waals surface area contributed by atoms with E-state index in [0.717, 1.165) is 12.2 Å². The minimum absolute atomic E-state index is 0.107. The van der Waals surface area contributed by atoms with Crippen LogP contribution in [0.5, 0.6) is 0 Å². The molecule has 27 heavy (non-hydrogen) atoms. The molecule has 0 radical (unpaired) electrons. The Hall–Kier alpha value is -3.24. The molecule has 2 atom stereocenters. The molecule has 0 spiro atoms. The average Bonchev–Trinajstić information content (AvgIpc) is 3.06. The van der Waals surface area contributed by atoms with Gasteiger partial charge in [0.05, 0.1) is 12.5 Å². The van der Waals surface area contributed by atoms with Crippen LogP contribution in [0, 0.1) is 5.92 Å². The summed E-state index contributed by atoms with van der Waals surface area (Å²) in [5.41, 5.74) is 0. The van der Waals surface area contributed by atoms with Gasteiger partial charge in [0, 0.05) is 25.0 Å². The highest BCUT2D eigenvalue weighted by molar-refractivity contribution is 6.13. The second kappa shape index (κ2) is 7.98. The van der Waals surface area contributed by atoms with E-state index in [-0.39, 0.29) is 17.9 Å². The van der Waals surface area contributed by atoms with Crippen LogP contribution in [-0.4, -0.2) is 63.0 Å². The average molecular weight is 382 g/mol. The number of aliphatic carboxylic acids is 1. The van der Waals surface area contributed by atoms with Crippen molar-refractivity contribution in [3.05, 3.63) is 12.2 Å². The lowest BCUT2D eigenvalue weighted by Crippen LogP contribution is -2.51. The van der Waals surface area contributed by atoms with E-state index < -0.39 is 60.2 Å². The summed E-state index contributed by atoms with van der Waals surface area (Å²) in [5, 5.41) is 9.42. The van der Waals surface area contributed by atoms with E-state index in [1.54, 1.807) is 13.8 Å². The Labute approximate surface area is 153 Å². The van der Waals surface area contributed by atoms with E-state index in [2.05, 4.69) is 4.84 Å². The van der Waals surface area contributed by atoms with Gasteiger partial charge in [-0.3, -0.25) is 33.7 Å². The molecule has 11 nitrogen and oxygen atoms in total. The number of carbonyl (C=O) groups excluding carboxylic acids is 5. The van der Waals surface area contributed by atoms with Crippen LogP contribution in [0.4, 0.5) is 4.79 Å². The normalized spacial score (nSPS) is 19.1. The van der Waals surface area contributed by atoms with Crippen LogP contribution in [0.25, 0.3) is 0 Å². The predicted molar refractivity (Wildman–Crippen MR) is 84.3 cm³/mol. The zero-order chi connectivity index (χ0) is 20.3. The topological polar surface area (TPSA) is 148 Å². The summed E-state index contributed by atoms with van der Waals surface area (Å²) < 4.78 is 5.10. The molecule has 0 aromatic heterocycles. The number of carboxylic acid groups (broad SMARTS) is 1. The van der Waals surface area contributed by atoms with Crippen LogP contribution in [-0.2, 0) is 33.5 Å². The maximum absolute atomic E-state index is 12.0. The Kier molecular flexibility index (Phi) is 5.93. The van der Waals surface area contributed by atoms with E-state index in [9.17, 15) is 28.8 Å². The van der Waals surface area contributed by atoms with Gasteiger partial charge < -0.3 is 9.84 Å². The van der Waals surface area contributed by atoms with Crippen molar-refractivity contribution in [3.63, 3.8) is 0 Å². The predicted octanol–water partition coefficient (Wildman–Crippen LogP) is -0.00350. The fraction of sp³-hybridized carbons (Fsp3) is 0.500.